The zero-order valence-corrected chi connectivity index (χ0v) is 19.7. The Morgan fingerprint density at radius 1 is 1.29 bits per heavy atom. The number of morpholine rings is 1. The largest absolute Gasteiger partial charge is 0.677 e. The molecule has 4 rings (SSSR count). The van der Waals surface area contributed by atoms with Crippen LogP contribution in [-0.2, 0) is 14.3 Å². The predicted octanol–water partition coefficient (Wildman–Crippen LogP) is 2.40. The summed E-state index contributed by atoms with van der Waals surface area (Å²) in [6, 6.07) is 2.83. The number of rotatable bonds is 6. The van der Waals surface area contributed by atoms with Crippen molar-refractivity contribution in [1.29, 1.82) is 0 Å². The SMILES string of the molecule is C=C/C(N=CC)=C(\OC1CCN(C(=O)N2CC[C@@H]3OCC(=O)N[C@@H]3C2)CC1)c1cccn1B(F)F. The molecule has 1 N–H and O–H groups in total. The first-order chi connectivity index (χ1) is 16.9. The third-order valence-electron chi connectivity index (χ3n) is 6.51. The van der Waals surface area contributed by atoms with Crippen molar-refractivity contribution in [2.45, 2.75) is 44.4 Å². The van der Waals surface area contributed by atoms with Crippen LogP contribution >= 0.6 is 0 Å². The minimum atomic E-state index is -2.72. The van der Waals surface area contributed by atoms with Crippen molar-refractivity contribution >= 4 is 31.3 Å². The van der Waals surface area contributed by atoms with Gasteiger partial charge in [0.05, 0.1) is 17.8 Å². The van der Waals surface area contributed by atoms with Crippen molar-refractivity contribution < 1.29 is 27.7 Å². The van der Waals surface area contributed by atoms with E-state index in [0.717, 1.165) is 4.48 Å². The Balaban J connectivity index is 1.40. The number of halogens is 2. The minimum Gasteiger partial charge on any atom is -0.486 e. The van der Waals surface area contributed by atoms with Gasteiger partial charge in [-0.25, -0.2) is 4.79 Å². The van der Waals surface area contributed by atoms with Crippen LogP contribution in [0.1, 0.15) is 31.9 Å². The number of piperidine rings is 2. The molecule has 0 aromatic carbocycles. The molecule has 0 bridgehead atoms. The minimum absolute atomic E-state index is 0.0573. The number of allylic oxidation sites excluding steroid dienone is 1. The number of amides is 3. The molecule has 0 saturated carbocycles. The quantitative estimate of drug-likeness (QED) is 0.288. The first-order valence-corrected chi connectivity index (χ1v) is 11.8. The molecule has 0 radical (unpaired) electrons. The lowest BCUT2D eigenvalue weighted by atomic mass is 10.0. The molecule has 4 heterocycles. The third-order valence-corrected chi connectivity index (χ3v) is 6.51. The lowest BCUT2D eigenvalue weighted by molar-refractivity contribution is -0.139. The first kappa shape index (κ1) is 25.0. The number of aliphatic imine (C=N–C) groups is 1. The Bertz CT molecular complexity index is 1010. The summed E-state index contributed by atoms with van der Waals surface area (Å²) in [7, 11) is -2.72. The normalized spacial score (nSPS) is 24.0. The van der Waals surface area contributed by atoms with Crippen LogP contribution in [0.2, 0.25) is 0 Å². The molecule has 0 spiro atoms. The number of nitrogens with one attached hydrogen (secondary N) is 1. The van der Waals surface area contributed by atoms with Gasteiger partial charge in [-0.05, 0) is 37.8 Å². The summed E-state index contributed by atoms with van der Waals surface area (Å²) in [6.45, 7) is 7.49. The van der Waals surface area contributed by atoms with E-state index in [2.05, 4.69) is 16.9 Å². The maximum absolute atomic E-state index is 13.5. The maximum Gasteiger partial charge on any atom is 0.677 e. The zero-order chi connectivity index (χ0) is 24.9. The average Bonchev–Trinajstić information content (AvgIpc) is 3.36. The highest BCUT2D eigenvalue weighted by Crippen LogP contribution is 2.29. The zero-order valence-electron chi connectivity index (χ0n) is 19.7. The van der Waals surface area contributed by atoms with Crippen LogP contribution in [0.25, 0.3) is 5.76 Å². The number of ether oxygens (including phenoxy) is 2. The second-order valence-corrected chi connectivity index (χ2v) is 8.73. The average molecular weight is 489 g/mol. The fraction of sp³-hybridized carbons (Fsp3) is 0.522. The smallest absolute Gasteiger partial charge is 0.486 e. The fourth-order valence-corrected chi connectivity index (χ4v) is 4.76. The molecular weight excluding hydrogens is 459 g/mol. The molecule has 12 heteroatoms. The van der Waals surface area contributed by atoms with Crippen LogP contribution in [0.3, 0.4) is 0 Å². The number of carbonyl (C=O) groups excluding carboxylic acids is 2. The van der Waals surface area contributed by atoms with Crippen LogP contribution in [-0.4, -0.2) is 90.9 Å². The summed E-state index contributed by atoms with van der Waals surface area (Å²) in [6.07, 6.45) is 5.77. The van der Waals surface area contributed by atoms with Crippen molar-refractivity contribution in [3.63, 3.8) is 0 Å². The molecule has 3 aliphatic heterocycles. The number of urea groups is 1. The van der Waals surface area contributed by atoms with E-state index in [1.54, 1.807) is 29.0 Å². The van der Waals surface area contributed by atoms with E-state index in [9.17, 15) is 18.2 Å². The van der Waals surface area contributed by atoms with E-state index in [1.165, 1.54) is 18.3 Å². The molecule has 35 heavy (non-hydrogen) atoms. The lowest BCUT2D eigenvalue weighted by Crippen LogP contribution is -2.62. The van der Waals surface area contributed by atoms with E-state index in [1.807, 2.05) is 0 Å². The summed E-state index contributed by atoms with van der Waals surface area (Å²) in [5, 5.41) is 2.91. The monoisotopic (exact) mass is 489 g/mol. The number of aromatic nitrogens is 1. The van der Waals surface area contributed by atoms with Crippen LogP contribution in [0, 0.1) is 0 Å². The number of nitrogens with zero attached hydrogens (tertiary/aromatic N) is 4. The van der Waals surface area contributed by atoms with Crippen molar-refractivity contribution in [2.75, 3.05) is 32.8 Å². The van der Waals surface area contributed by atoms with E-state index >= 15 is 0 Å². The summed E-state index contributed by atoms with van der Waals surface area (Å²) in [4.78, 5) is 32.5. The van der Waals surface area contributed by atoms with Gasteiger partial charge in [-0.3, -0.25) is 18.4 Å². The number of fused-ring (bicyclic) bond motifs is 1. The van der Waals surface area contributed by atoms with Crippen molar-refractivity contribution in [1.82, 2.24) is 19.6 Å². The summed E-state index contributed by atoms with van der Waals surface area (Å²) < 4.78 is 39.7. The molecule has 9 nitrogen and oxygen atoms in total. The molecule has 3 aliphatic rings. The van der Waals surface area contributed by atoms with Crippen LogP contribution in [0.5, 0.6) is 0 Å². The van der Waals surface area contributed by atoms with E-state index in [0.29, 0.717) is 51.1 Å². The number of likely N-dealkylation sites (tertiary alicyclic amines) is 2. The molecule has 3 amide bonds. The van der Waals surface area contributed by atoms with Crippen LogP contribution in [0.4, 0.5) is 13.4 Å². The van der Waals surface area contributed by atoms with Crippen LogP contribution in [0.15, 0.2) is 41.7 Å². The Labute approximate surface area is 203 Å². The Morgan fingerprint density at radius 3 is 2.71 bits per heavy atom. The Morgan fingerprint density at radius 2 is 2.03 bits per heavy atom. The Hall–Kier alpha value is -3.15. The van der Waals surface area contributed by atoms with Crippen LogP contribution < -0.4 is 5.32 Å². The highest BCUT2D eigenvalue weighted by molar-refractivity contribution is 6.41. The molecule has 0 unspecified atom stereocenters. The van der Waals surface area contributed by atoms with Crippen molar-refractivity contribution in [3.05, 3.63) is 42.4 Å². The highest BCUT2D eigenvalue weighted by atomic mass is 19.2. The first-order valence-electron chi connectivity index (χ1n) is 11.8. The summed E-state index contributed by atoms with van der Waals surface area (Å²) >= 11 is 0. The third kappa shape index (κ3) is 5.58. The van der Waals surface area contributed by atoms with E-state index in [4.69, 9.17) is 9.47 Å². The second-order valence-electron chi connectivity index (χ2n) is 8.73. The number of hydrogen-bond acceptors (Lipinski definition) is 5. The van der Waals surface area contributed by atoms with E-state index < -0.39 is 7.40 Å². The molecular formula is C23H30BF2N5O4. The second kappa shape index (κ2) is 11.1. The van der Waals surface area contributed by atoms with E-state index in [-0.39, 0.29) is 48.2 Å². The van der Waals surface area contributed by atoms with Crippen molar-refractivity contribution in [3.8, 4) is 0 Å². The van der Waals surface area contributed by atoms with Gasteiger partial charge in [0, 0.05) is 45.2 Å². The van der Waals surface area contributed by atoms with Gasteiger partial charge < -0.3 is 29.1 Å². The molecule has 188 valence electrons. The number of hydrogen-bond donors (Lipinski definition) is 1. The molecule has 1 aromatic rings. The molecule has 1 aromatic heterocycles. The van der Waals surface area contributed by atoms with Gasteiger partial charge in [0.25, 0.3) is 0 Å². The molecule has 3 fully saturated rings. The number of carbonyl (C=O) groups is 2. The highest BCUT2D eigenvalue weighted by Gasteiger charge is 2.38. The van der Waals surface area contributed by atoms with Gasteiger partial charge in [0.1, 0.15) is 18.4 Å². The predicted molar refractivity (Wildman–Crippen MR) is 128 cm³/mol. The molecule has 0 aliphatic carbocycles. The Kier molecular flexibility index (Phi) is 7.89. The van der Waals surface area contributed by atoms with Gasteiger partial charge in [-0.2, -0.15) is 0 Å². The molecule has 3 saturated heterocycles. The fourth-order valence-electron chi connectivity index (χ4n) is 4.76. The maximum atomic E-state index is 13.5. The van der Waals surface area contributed by atoms with Gasteiger partial charge in [-0.1, -0.05) is 6.58 Å². The van der Waals surface area contributed by atoms with Gasteiger partial charge in [0.15, 0.2) is 5.76 Å². The topological polar surface area (TPSA) is 88.4 Å². The lowest BCUT2D eigenvalue weighted by Gasteiger charge is -2.43. The van der Waals surface area contributed by atoms with Gasteiger partial charge >= 0.3 is 13.4 Å². The summed E-state index contributed by atoms with van der Waals surface area (Å²) in [5.41, 5.74) is 0.588. The standard InChI is InChI=1S/C23H30BF2N5O4/c1-3-17(27-4-2)22(19-6-5-10-31(19)24(25)26)35-16-7-11-29(12-8-16)23(33)30-13-9-20-18(14-30)28-21(32)15-34-20/h3-6,10,16,18,20H,1,7-9,11-15H2,2H3,(H,28,32)/b22-17+,27-4?/t18-,20+/m1/s1. The van der Waals surface area contributed by atoms with Crippen molar-refractivity contribution in [2.24, 2.45) is 4.99 Å². The molecule has 2 atom stereocenters. The van der Waals surface area contributed by atoms with Gasteiger partial charge in [0.2, 0.25) is 5.91 Å². The van der Waals surface area contributed by atoms with Gasteiger partial charge in [-0.15, -0.1) is 0 Å². The summed E-state index contributed by atoms with van der Waals surface area (Å²) in [5.74, 6) is 0.0787.